The molecular formula is C10H8BrNO2. The maximum absolute atomic E-state index is 11.7. The van der Waals surface area contributed by atoms with Crippen LogP contribution in [0.3, 0.4) is 0 Å². The number of phenolic OH excluding ortho intramolecular Hbond substituents is 1. The van der Waals surface area contributed by atoms with Crippen LogP contribution in [0.5, 0.6) is 5.75 Å². The van der Waals surface area contributed by atoms with Crippen LogP contribution >= 0.6 is 15.9 Å². The number of aryl methyl sites for hydroxylation is 1. The number of benzene rings is 1. The highest BCUT2D eigenvalue weighted by molar-refractivity contribution is 9.10. The highest BCUT2D eigenvalue weighted by Crippen LogP contribution is 2.27. The molecule has 1 N–H and O–H groups in total. The molecule has 1 heterocycles. The first-order valence-electron chi connectivity index (χ1n) is 4.07. The predicted octanol–water partition coefficient (Wildman–Crippen LogP) is 2.01. The Bertz CT molecular complexity index is 560. The molecule has 0 amide bonds. The maximum atomic E-state index is 11.7. The van der Waals surface area contributed by atoms with Crippen LogP contribution in [-0.2, 0) is 7.05 Å². The number of aromatic nitrogens is 1. The second-order valence-corrected chi connectivity index (χ2v) is 3.98. The van der Waals surface area contributed by atoms with Crippen molar-refractivity contribution in [3.63, 3.8) is 0 Å². The molecule has 72 valence electrons. The van der Waals surface area contributed by atoms with Crippen molar-refractivity contribution in [1.29, 1.82) is 0 Å². The molecule has 1 aromatic carbocycles. The first-order chi connectivity index (χ1) is 6.59. The maximum Gasteiger partial charge on any atom is 0.258 e. The Morgan fingerprint density at radius 2 is 2.14 bits per heavy atom. The first-order valence-corrected chi connectivity index (χ1v) is 4.87. The molecule has 0 unspecified atom stereocenters. The van der Waals surface area contributed by atoms with Crippen molar-refractivity contribution in [2.45, 2.75) is 0 Å². The van der Waals surface area contributed by atoms with Crippen LogP contribution in [0.4, 0.5) is 0 Å². The molecule has 0 aliphatic carbocycles. The SMILES string of the molecule is Cn1ccc2cc(O)c(Br)cc2c1=O. The Hall–Kier alpha value is -1.29. The smallest absolute Gasteiger partial charge is 0.258 e. The molecule has 0 aliphatic rings. The Balaban J connectivity index is 2.97. The third-order valence-corrected chi connectivity index (χ3v) is 2.78. The largest absolute Gasteiger partial charge is 0.507 e. The minimum absolute atomic E-state index is 0.0665. The molecule has 14 heavy (non-hydrogen) atoms. The van der Waals surface area contributed by atoms with Gasteiger partial charge in [-0.2, -0.15) is 0 Å². The number of rotatable bonds is 0. The zero-order valence-electron chi connectivity index (χ0n) is 7.49. The van der Waals surface area contributed by atoms with Crippen molar-refractivity contribution in [2.75, 3.05) is 0 Å². The van der Waals surface area contributed by atoms with Gasteiger partial charge in [-0.05, 0) is 39.5 Å². The lowest BCUT2D eigenvalue weighted by molar-refractivity contribution is 0.473. The minimum Gasteiger partial charge on any atom is -0.507 e. The monoisotopic (exact) mass is 253 g/mol. The lowest BCUT2D eigenvalue weighted by atomic mass is 10.1. The third kappa shape index (κ3) is 1.32. The summed E-state index contributed by atoms with van der Waals surface area (Å²) in [7, 11) is 1.70. The van der Waals surface area contributed by atoms with E-state index < -0.39 is 0 Å². The quantitative estimate of drug-likeness (QED) is 0.781. The Morgan fingerprint density at radius 1 is 1.43 bits per heavy atom. The molecule has 0 radical (unpaired) electrons. The van der Waals surface area contributed by atoms with Gasteiger partial charge < -0.3 is 9.67 Å². The molecule has 2 rings (SSSR count). The minimum atomic E-state index is -0.0665. The van der Waals surface area contributed by atoms with Gasteiger partial charge in [0.25, 0.3) is 5.56 Å². The van der Waals surface area contributed by atoms with Crippen molar-refractivity contribution >= 4 is 26.7 Å². The molecule has 0 atom stereocenters. The van der Waals surface area contributed by atoms with Crippen LogP contribution in [-0.4, -0.2) is 9.67 Å². The summed E-state index contributed by atoms with van der Waals surface area (Å²) in [5, 5.41) is 10.8. The van der Waals surface area contributed by atoms with Crippen molar-refractivity contribution in [2.24, 2.45) is 7.05 Å². The average Bonchev–Trinajstić information content (AvgIpc) is 2.15. The van der Waals surface area contributed by atoms with E-state index in [4.69, 9.17) is 0 Å². The van der Waals surface area contributed by atoms with Gasteiger partial charge in [-0.3, -0.25) is 4.79 Å². The van der Waals surface area contributed by atoms with Crippen molar-refractivity contribution in [1.82, 2.24) is 4.57 Å². The number of hydrogen-bond acceptors (Lipinski definition) is 2. The van der Waals surface area contributed by atoms with Crippen LogP contribution in [0.25, 0.3) is 10.8 Å². The van der Waals surface area contributed by atoms with Crippen molar-refractivity contribution in [3.8, 4) is 5.75 Å². The second-order valence-electron chi connectivity index (χ2n) is 3.12. The number of aromatic hydroxyl groups is 1. The van der Waals surface area contributed by atoms with Gasteiger partial charge in [0.15, 0.2) is 0 Å². The van der Waals surface area contributed by atoms with Gasteiger partial charge in [-0.25, -0.2) is 0 Å². The van der Waals surface area contributed by atoms with E-state index in [-0.39, 0.29) is 11.3 Å². The molecule has 0 fully saturated rings. The number of pyridine rings is 1. The Morgan fingerprint density at radius 3 is 2.86 bits per heavy atom. The molecule has 2 aromatic rings. The highest BCUT2D eigenvalue weighted by Gasteiger charge is 2.04. The van der Waals surface area contributed by atoms with Gasteiger partial charge >= 0.3 is 0 Å². The van der Waals surface area contributed by atoms with Crippen LogP contribution in [0.2, 0.25) is 0 Å². The standard InChI is InChI=1S/C10H8BrNO2/c1-12-3-2-6-4-9(13)8(11)5-7(6)10(12)14/h2-5,13H,1H3. The van der Waals surface area contributed by atoms with Gasteiger partial charge in [-0.15, -0.1) is 0 Å². The molecule has 0 bridgehead atoms. The van der Waals surface area contributed by atoms with Gasteiger partial charge in [0.2, 0.25) is 0 Å². The van der Waals surface area contributed by atoms with Crippen LogP contribution < -0.4 is 5.56 Å². The summed E-state index contributed by atoms with van der Waals surface area (Å²) in [4.78, 5) is 11.7. The van der Waals surface area contributed by atoms with E-state index in [2.05, 4.69) is 15.9 Å². The summed E-state index contributed by atoms with van der Waals surface area (Å²) in [6, 6.07) is 5.00. The third-order valence-electron chi connectivity index (χ3n) is 2.15. The van der Waals surface area contributed by atoms with E-state index in [0.29, 0.717) is 9.86 Å². The van der Waals surface area contributed by atoms with Gasteiger partial charge in [0, 0.05) is 18.6 Å². The molecule has 3 nitrogen and oxygen atoms in total. The van der Waals surface area contributed by atoms with Crippen molar-refractivity contribution in [3.05, 3.63) is 39.2 Å². The fraction of sp³-hybridized carbons (Fsp3) is 0.100. The number of phenols is 1. The fourth-order valence-corrected chi connectivity index (χ4v) is 1.69. The summed E-state index contributed by atoms with van der Waals surface area (Å²) < 4.78 is 2.04. The lowest BCUT2D eigenvalue weighted by Gasteiger charge is -2.03. The average molecular weight is 254 g/mol. The van der Waals surface area contributed by atoms with E-state index >= 15 is 0 Å². The predicted molar refractivity (Wildman–Crippen MR) is 58.6 cm³/mol. The van der Waals surface area contributed by atoms with E-state index in [1.807, 2.05) is 0 Å². The van der Waals surface area contributed by atoms with Gasteiger partial charge in [0.1, 0.15) is 5.75 Å². The molecule has 0 aliphatic heterocycles. The van der Waals surface area contributed by atoms with Crippen LogP contribution in [0, 0.1) is 0 Å². The molecular weight excluding hydrogens is 246 g/mol. The summed E-state index contributed by atoms with van der Waals surface area (Å²) in [6.07, 6.45) is 1.68. The van der Waals surface area contributed by atoms with E-state index in [1.165, 1.54) is 4.57 Å². The number of nitrogens with zero attached hydrogens (tertiary/aromatic N) is 1. The molecule has 1 aromatic heterocycles. The van der Waals surface area contributed by atoms with Gasteiger partial charge in [-0.1, -0.05) is 0 Å². The molecule has 0 saturated heterocycles. The summed E-state index contributed by atoms with van der Waals surface area (Å²) in [5.41, 5.74) is -0.0665. The molecule has 4 heteroatoms. The van der Waals surface area contributed by atoms with Crippen LogP contribution in [0.15, 0.2) is 33.7 Å². The summed E-state index contributed by atoms with van der Waals surface area (Å²) >= 11 is 3.18. The fourth-order valence-electron chi connectivity index (χ4n) is 1.35. The van der Waals surface area contributed by atoms with E-state index in [1.54, 1.807) is 31.4 Å². The van der Waals surface area contributed by atoms with Gasteiger partial charge in [0.05, 0.1) is 4.47 Å². The first kappa shape index (κ1) is 9.27. The second kappa shape index (κ2) is 3.13. The number of halogens is 1. The molecule has 0 saturated carbocycles. The molecule has 0 spiro atoms. The Kier molecular flexibility index (Phi) is 2.07. The van der Waals surface area contributed by atoms with Crippen LogP contribution in [0.1, 0.15) is 0 Å². The topological polar surface area (TPSA) is 42.2 Å². The zero-order chi connectivity index (χ0) is 10.3. The zero-order valence-corrected chi connectivity index (χ0v) is 9.08. The summed E-state index contributed by atoms with van der Waals surface area (Å²) in [5.74, 6) is 0.144. The Labute approximate surface area is 88.7 Å². The van der Waals surface area contributed by atoms with E-state index in [0.717, 1.165) is 5.39 Å². The summed E-state index contributed by atoms with van der Waals surface area (Å²) in [6.45, 7) is 0. The van der Waals surface area contributed by atoms with Crippen molar-refractivity contribution < 1.29 is 5.11 Å². The number of hydrogen-bond donors (Lipinski definition) is 1. The lowest BCUT2D eigenvalue weighted by Crippen LogP contribution is -2.15. The van der Waals surface area contributed by atoms with E-state index in [9.17, 15) is 9.90 Å². The highest BCUT2D eigenvalue weighted by atomic mass is 79.9. The number of fused-ring (bicyclic) bond motifs is 1. The normalized spacial score (nSPS) is 10.7.